The Kier molecular flexibility index (Phi) is 3.35. The van der Waals surface area contributed by atoms with Gasteiger partial charge in [-0.3, -0.25) is 4.79 Å². The molecule has 1 aliphatic rings. The lowest BCUT2D eigenvalue weighted by Gasteiger charge is -2.27. The average molecular weight is 268 g/mol. The number of rotatable bonds is 2. The molecule has 2 aromatic rings. The molecule has 3 rings (SSSR count). The van der Waals surface area contributed by atoms with Crippen LogP contribution in [-0.2, 0) is 13.0 Å². The van der Waals surface area contributed by atoms with E-state index in [0.717, 1.165) is 18.5 Å². The molecule has 0 saturated heterocycles. The number of aromatic nitrogens is 1. The first kappa shape index (κ1) is 13.0. The molecular weight excluding hydrogens is 248 g/mol. The van der Waals surface area contributed by atoms with E-state index in [4.69, 9.17) is 0 Å². The first-order valence-electron chi connectivity index (χ1n) is 7.19. The van der Waals surface area contributed by atoms with Crippen LogP contribution in [0.25, 0.3) is 0 Å². The molecule has 0 fully saturated rings. The fourth-order valence-corrected chi connectivity index (χ4v) is 2.71. The minimum atomic E-state index is 0.132. The largest absolute Gasteiger partial charge is 0.365 e. The molecule has 1 aromatic heterocycles. The van der Waals surface area contributed by atoms with Gasteiger partial charge in [0, 0.05) is 37.0 Å². The SMILES string of the molecule is CC(C)c1ccc(C(=O)N2CCc3[nH]ccc3C2)cc1. The van der Waals surface area contributed by atoms with Crippen molar-refractivity contribution in [3.05, 3.63) is 58.9 Å². The van der Waals surface area contributed by atoms with Crippen LogP contribution in [0.2, 0.25) is 0 Å². The Balaban J connectivity index is 1.76. The maximum Gasteiger partial charge on any atom is 0.254 e. The summed E-state index contributed by atoms with van der Waals surface area (Å²) in [6, 6.07) is 10.1. The molecule has 1 aliphatic heterocycles. The normalized spacial score (nSPS) is 14.4. The van der Waals surface area contributed by atoms with Crippen molar-refractivity contribution in [2.45, 2.75) is 32.7 Å². The van der Waals surface area contributed by atoms with Crippen LogP contribution in [0.5, 0.6) is 0 Å². The number of H-pyrrole nitrogens is 1. The summed E-state index contributed by atoms with van der Waals surface area (Å²) < 4.78 is 0. The third-order valence-electron chi connectivity index (χ3n) is 4.03. The number of benzene rings is 1. The molecule has 0 radical (unpaired) electrons. The molecule has 1 N–H and O–H groups in total. The van der Waals surface area contributed by atoms with E-state index in [1.165, 1.54) is 16.8 Å². The van der Waals surface area contributed by atoms with Gasteiger partial charge in [0.15, 0.2) is 0 Å². The van der Waals surface area contributed by atoms with Crippen LogP contribution in [0.4, 0.5) is 0 Å². The Morgan fingerprint density at radius 2 is 1.95 bits per heavy atom. The van der Waals surface area contributed by atoms with Gasteiger partial charge in [0.2, 0.25) is 0 Å². The third kappa shape index (κ3) is 2.36. The lowest BCUT2D eigenvalue weighted by Crippen LogP contribution is -2.35. The summed E-state index contributed by atoms with van der Waals surface area (Å²) in [6.45, 7) is 5.83. The Morgan fingerprint density at radius 3 is 2.65 bits per heavy atom. The molecule has 2 heterocycles. The van der Waals surface area contributed by atoms with Gasteiger partial charge in [-0.25, -0.2) is 0 Å². The molecule has 0 saturated carbocycles. The molecule has 3 heteroatoms. The summed E-state index contributed by atoms with van der Waals surface area (Å²) in [7, 11) is 0. The number of nitrogens with one attached hydrogen (secondary N) is 1. The summed E-state index contributed by atoms with van der Waals surface area (Å²) in [5, 5.41) is 0. The van der Waals surface area contributed by atoms with Gasteiger partial charge in [0.05, 0.1) is 0 Å². The average Bonchev–Trinajstić information content (AvgIpc) is 2.94. The number of carbonyl (C=O) groups excluding carboxylic acids is 1. The highest BCUT2D eigenvalue weighted by Gasteiger charge is 2.22. The van der Waals surface area contributed by atoms with E-state index >= 15 is 0 Å². The lowest BCUT2D eigenvalue weighted by molar-refractivity contribution is 0.0734. The van der Waals surface area contributed by atoms with Crippen molar-refractivity contribution < 1.29 is 4.79 Å². The summed E-state index contributed by atoms with van der Waals surface area (Å²) in [4.78, 5) is 17.7. The van der Waals surface area contributed by atoms with Crippen molar-refractivity contribution >= 4 is 5.91 Å². The van der Waals surface area contributed by atoms with Gasteiger partial charge in [0.25, 0.3) is 5.91 Å². The molecular formula is C17H20N2O. The first-order chi connectivity index (χ1) is 9.65. The Morgan fingerprint density at radius 1 is 1.20 bits per heavy atom. The number of hydrogen-bond donors (Lipinski definition) is 1. The monoisotopic (exact) mass is 268 g/mol. The molecule has 20 heavy (non-hydrogen) atoms. The number of carbonyl (C=O) groups is 1. The predicted molar refractivity (Wildman–Crippen MR) is 79.8 cm³/mol. The van der Waals surface area contributed by atoms with Crippen LogP contribution in [0.15, 0.2) is 36.5 Å². The van der Waals surface area contributed by atoms with Crippen molar-refractivity contribution in [3.8, 4) is 0 Å². The molecule has 0 aliphatic carbocycles. The standard InChI is InChI=1S/C17H20N2O/c1-12(2)13-3-5-14(6-4-13)17(20)19-10-8-16-15(11-19)7-9-18-16/h3-7,9,12,18H,8,10-11H2,1-2H3. The second-order valence-electron chi connectivity index (χ2n) is 5.73. The van der Waals surface area contributed by atoms with Gasteiger partial charge in [-0.05, 0) is 35.2 Å². The van der Waals surface area contributed by atoms with Crippen molar-refractivity contribution in [2.24, 2.45) is 0 Å². The minimum Gasteiger partial charge on any atom is -0.365 e. The van der Waals surface area contributed by atoms with E-state index in [1.807, 2.05) is 23.2 Å². The summed E-state index contributed by atoms with van der Waals surface area (Å²) in [6.07, 6.45) is 2.87. The number of hydrogen-bond acceptors (Lipinski definition) is 1. The number of aromatic amines is 1. The summed E-state index contributed by atoms with van der Waals surface area (Å²) >= 11 is 0. The molecule has 1 aromatic carbocycles. The Bertz CT molecular complexity index is 610. The highest BCUT2D eigenvalue weighted by molar-refractivity contribution is 5.94. The Hall–Kier alpha value is -2.03. The maximum absolute atomic E-state index is 12.5. The molecule has 3 nitrogen and oxygen atoms in total. The smallest absolute Gasteiger partial charge is 0.254 e. The zero-order valence-electron chi connectivity index (χ0n) is 12.0. The van der Waals surface area contributed by atoms with Crippen LogP contribution in [0.3, 0.4) is 0 Å². The van der Waals surface area contributed by atoms with Gasteiger partial charge in [-0.2, -0.15) is 0 Å². The van der Waals surface area contributed by atoms with Crippen LogP contribution in [0.1, 0.15) is 46.9 Å². The quantitative estimate of drug-likeness (QED) is 0.891. The summed E-state index contributed by atoms with van der Waals surface area (Å²) in [5.74, 6) is 0.628. The van der Waals surface area contributed by atoms with Crippen LogP contribution in [0, 0.1) is 0 Å². The van der Waals surface area contributed by atoms with E-state index in [2.05, 4.69) is 37.0 Å². The molecule has 0 atom stereocenters. The fraction of sp³-hybridized carbons (Fsp3) is 0.353. The zero-order valence-corrected chi connectivity index (χ0v) is 12.0. The fourth-order valence-electron chi connectivity index (χ4n) is 2.71. The number of nitrogens with zero attached hydrogens (tertiary/aromatic N) is 1. The zero-order chi connectivity index (χ0) is 14.1. The predicted octanol–water partition coefficient (Wildman–Crippen LogP) is 3.34. The molecule has 0 bridgehead atoms. The number of amides is 1. The van der Waals surface area contributed by atoms with E-state index < -0.39 is 0 Å². The lowest BCUT2D eigenvalue weighted by atomic mass is 10.0. The van der Waals surface area contributed by atoms with Crippen molar-refractivity contribution in [3.63, 3.8) is 0 Å². The van der Waals surface area contributed by atoms with Gasteiger partial charge >= 0.3 is 0 Å². The maximum atomic E-state index is 12.5. The summed E-state index contributed by atoms with van der Waals surface area (Å²) in [5.41, 5.74) is 4.56. The van der Waals surface area contributed by atoms with E-state index in [-0.39, 0.29) is 5.91 Å². The van der Waals surface area contributed by atoms with Crippen LogP contribution in [-0.4, -0.2) is 22.3 Å². The van der Waals surface area contributed by atoms with Crippen LogP contribution >= 0.6 is 0 Å². The minimum absolute atomic E-state index is 0.132. The highest BCUT2D eigenvalue weighted by atomic mass is 16.2. The third-order valence-corrected chi connectivity index (χ3v) is 4.03. The topological polar surface area (TPSA) is 36.1 Å². The molecule has 1 amide bonds. The van der Waals surface area contributed by atoms with Crippen molar-refractivity contribution in [1.29, 1.82) is 0 Å². The molecule has 0 spiro atoms. The van der Waals surface area contributed by atoms with E-state index in [9.17, 15) is 4.79 Å². The van der Waals surface area contributed by atoms with Gasteiger partial charge in [-0.15, -0.1) is 0 Å². The van der Waals surface area contributed by atoms with Crippen molar-refractivity contribution in [2.75, 3.05) is 6.54 Å². The second-order valence-corrected chi connectivity index (χ2v) is 5.73. The van der Waals surface area contributed by atoms with E-state index in [1.54, 1.807) is 0 Å². The number of fused-ring (bicyclic) bond motifs is 1. The van der Waals surface area contributed by atoms with Crippen molar-refractivity contribution in [1.82, 2.24) is 9.88 Å². The molecule has 0 unspecified atom stereocenters. The van der Waals surface area contributed by atoms with Gasteiger partial charge in [-0.1, -0.05) is 26.0 Å². The van der Waals surface area contributed by atoms with Crippen LogP contribution < -0.4 is 0 Å². The second kappa shape index (κ2) is 5.16. The molecule has 104 valence electrons. The first-order valence-corrected chi connectivity index (χ1v) is 7.19. The van der Waals surface area contributed by atoms with Gasteiger partial charge < -0.3 is 9.88 Å². The highest BCUT2D eigenvalue weighted by Crippen LogP contribution is 2.20. The van der Waals surface area contributed by atoms with E-state index in [0.29, 0.717) is 12.5 Å². The van der Waals surface area contributed by atoms with Gasteiger partial charge in [0.1, 0.15) is 0 Å². The Labute approximate surface area is 119 Å².